The summed E-state index contributed by atoms with van der Waals surface area (Å²) in [5, 5.41) is 0. The molecule has 0 aromatic carbocycles. The van der Waals surface area contributed by atoms with Crippen LogP contribution in [0.1, 0.15) is 27.2 Å². The monoisotopic (exact) mass is 252 g/mol. The maximum atomic E-state index is 12.1. The van der Waals surface area contributed by atoms with E-state index in [0.29, 0.717) is 0 Å². The Hall–Kier alpha value is -1.76. The Morgan fingerprint density at radius 3 is 2.06 bits per heavy atom. The van der Waals surface area contributed by atoms with E-state index in [1.807, 2.05) is 0 Å². The molecule has 0 N–H and O–H groups in total. The maximum Gasteiger partial charge on any atom is 0.325 e. The standard InChI is InChI=1S/C14H20O4/c1-6-10-14(11(5)7-2,12(15)17-8-3)13(16)18-9-4/h2,6,11H,1,8-10H2,3-5H3. The predicted octanol–water partition coefficient (Wildman–Crippen LogP) is 1.94. The molecule has 0 fully saturated rings. The quantitative estimate of drug-likeness (QED) is 0.301. The number of terminal acetylenes is 1. The summed E-state index contributed by atoms with van der Waals surface area (Å²) in [4.78, 5) is 24.2. The van der Waals surface area contributed by atoms with Gasteiger partial charge < -0.3 is 9.47 Å². The molecule has 0 bridgehead atoms. The van der Waals surface area contributed by atoms with Gasteiger partial charge in [0, 0.05) is 5.92 Å². The van der Waals surface area contributed by atoms with Crippen LogP contribution in [0.5, 0.6) is 0 Å². The summed E-state index contributed by atoms with van der Waals surface area (Å²) in [5.74, 6) is 0.472. The first-order valence-electron chi connectivity index (χ1n) is 5.92. The van der Waals surface area contributed by atoms with Crippen LogP contribution in [-0.4, -0.2) is 25.2 Å². The summed E-state index contributed by atoms with van der Waals surface area (Å²) in [6.45, 7) is 8.87. The fourth-order valence-electron chi connectivity index (χ4n) is 1.67. The lowest BCUT2D eigenvalue weighted by Gasteiger charge is -2.30. The van der Waals surface area contributed by atoms with Crippen molar-refractivity contribution in [3.63, 3.8) is 0 Å². The van der Waals surface area contributed by atoms with Gasteiger partial charge in [-0.3, -0.25) is 9.59 Å². The molecular weight excluding hydrogens is 232 g/mol. The minimum absolute atomic E-state index is 0.0933. The highest BCUT2D eigenvalue weighted by Crippen LogP contribution is 2.35. The van der Waals surface area contributed by atoms with Gasteiger partial charge in [0.15, 0.2) is 5.41 Å². The third-order valence-electron chi connectivity index (χ3n) is 2.73. The molecule has 4 nitrogen and oxygen atoms in total. The zero-order valence-corrected chi connectivity index (χ0v) is 11.2. The van der Waals surface area contributed by atoms with E-state index in [1.54, 1.807) is 20.8 Å². The molecule has 0 radical (unpaired) electrons. The minimum Gasteiger partial charge on any atom is -0.465 e. The van der Waals surface area contributed by atoms with Crippen molar-refractivity contribution in [2.75, 3.05) is 13.2 Å². The van der Waals surface area contributed by atoms with Crippen LogP contribution in [0, 0.1) is 23.7 Å². The number of rotatable bonds is 7. The Balaban J connectivity index is 5.56. The van der Waals surface area contributed by atoms with E-state index < -0.39 is 23.3 Å². The molecule has 4 heteroatoms. The predicted molar refractivity (Wildman–Crippen MR) is 68.5 cm³/mol. The molecule has 18 heavy (non-hydrogen) atoms. The summed E-state index contributed by atoms with van der Waals surface area (Å²) < 4.78 is 9.93. The summed E-state index contributed by atoms with van der Waals surface area (Å²) in [6, 6.07) is 0. The fourth-order valence-corrected chi connectivity index (χ4v) is 1.67. The van der Waals surface area contributed by atoms with Crippen LogP contribution < -0.4 is 0 Å². The lowest BCUT2D eigenvalue weighted by molar-refractivity contribution is -0.174. The zero-order chi connectivity index (χ0) is 14.2. The van der Waals surface area contributed by atoms with Gasteiger partial charge >= 0.3 is 11.9 Å². The van der Waals surface area contributed by atoms with E-state index >= 15 is 0 Å². The van der Waals surface area contributed by atoms with Crippen LogP contribution in [0.4, 0.5) is 0 Å². The summed E-state index contributed by atoms with van der Waals surface area (Å²) >= 11 is 0. The van der Waals surface area contributed by atoms with E-state index in [1.165, 1.54) is 6.08 Å². The maximum absolute atomic E-state index is 12.1. The lowest BCUT2D eigenvalue weighted by Crippen LogP contribution is -2.46. The number of esters is 2. The number of carbonyl (C=O) groups excluding carboxylic acids is 2. The van der Waals surface area contributed by atoms with Crippen molar-refractivity contribution in [3.8, 4) is 12.3 Å². The van der Waals surface area contributed by atoms with Gasteiger partial charge in [0.25, 0.3) is 0 Å². The Morgan fingerprint density at radius 2 is 1.78 bits per heavy atom. The minimum atomic E-state index is -1.50. The highest BCUT2D eigenvalue weighted by molar-refractivity contribution is 6.01. The first kappa shape index (κ1) is 16.2. The molecule has 0 amide bonds. The van der Waals surface area contributed by atoms with Gasteiger partial charge in [-0.15, -0.1) is 18.9 Å². The molecule has 0 aliphatic rings. The Morgan fingerprint density at radius 1 is 1.33 bits per heavy atom. The number of allylic oxidation sites excluding steroid dienone is 1. The van der Waals surface area contributed by atoms with Gasteiger partial charge in [-0.2, -0.15) is 0 Å². The molecule has 0 aliphatic carbocycles. The van der Waals surface area contributed by atoms with Crippen LogP contribution in [-0.2, 0) is 19.1 Å². The van der Waals surface area contributed by atoms with E-state index in [4.69, 9.17) is 15.9 Å². The number of hydrogen-bond donors (Lipinski definition) is 0. The van der Waals surface area contributed by atoms with E-state index in [2.05, 4.69) is 12.5 Å². The van der Waals surface area contributed by atoms with Crippen molar-refractivity contribution in [2.45, 2.75) is 27.2 Å². The SMILES string of the molecule is C#CC(C)C(CC=C)(C(=O)OCC)C(=O)OCC. The molecule has 0 saturated heterocycles. The van der Waals surface area contributed by atoms with Crippen LogP contribution in [0.2, 0.25) is 0 Å². The highest BCUT2D eigenvalue weighted by Gasteiger charge is 2.51. The number of ether oxygens (including phenoxy) is 2. The Labute approximate surface area is 108 Å². The number of hydrogen-bond acceptors (Lipinski definition) is 4. The van der Waals surface area contributed by atoms with Gasteiger partial charge in [-0.25, -0.2) is 0 Å². The summed E-state index contributed by atoms with van der Waals surface area (Å²) in [7, 11) is 0. The zero-order valence-electron chi connectivity index (χ0n) is 11.2. The molecule has 0 aromatic rings. The molecule has 0 aromatic heterocycles. The molecule has 0 saturated carbocycles. The first-order valence-corrected chi connectivity index (χ1v) is 5.92. The van der Waals surface area contributed by atoms with Gasteiger partial charge in [-0.05, 0) is 27.2 Å². The summed E-state index contributed by atoms with van der Waals surface area (Å²) in [6.07, 6.45) is 6.92. The molecule has 1 atom stereocenters. The molecule has 0 rings (SSSR count). The van der Waals surface area contributed by atoms with Crippen molar-refractivity contribution in [1.29, 1.82) is 0 Å². The molecule has 0 aliphatic heterocycles. The van der Waals surface area contributed by atoms with E-state index in [0.717, 1.165) is 0 Å². The van der Waals surface area contributed by atoms with E-state index in [9.17, 15) is 9.59 Å². The molecule has 0 spiro atoms. The van der Waals surface area contributed by atoms with E-state index in [-0.39, 0.29) is 19.6 Å². The fraction of sp³-hybridized carbons (Fsp3) is 0.571. The van der Waals surface area contributed by atoms with Crippen molar-refractivity contribution in [1.82, 2.24) is 0 Å². The average molecular weight is 252 g/mol. The van der Waals surface area contributed by atoms with Crippen molar-refractivity contribution < 1.29 is 19.1 Å². The second kappa shape index (κ2) is 7.54. The average Bonchev–Trinajstić information content (AvgIpc) is 2.35. The third-order valence-corrected chi connectivity index (χ3v) is 2.73. The number of carbonyl (C=O) groups is 2. The van der Waals surface area contributed by atoms with Crippen LogP contribution in [0.25, 0.3) is 0 Å². The van der Waals surface area contributed by atoms with Gasteiger partial charge in [0.2, 0.25) is 0 Å². The van der Waals surface area contributed by atoms with Gasteiger partial charge in [-0.1, -0.05) is 6.08 Å². The van der Waals surface area contributed by atoms with Crippen LogP contribution in [0.15, 0.2) is 12.7 Å². The molecule has 0 heterocycles. The lowest BCUT2D eigenvalue weighted by atomic mass is 9.73. The Bertz CT molecular complexity index is 333. The van der Waals surface area contributed by atoms with Crippen LogP contribution >= 0.6 is 0 Å². The van der Waals surface area contributed by atoms with Crippen LogP contribution in [0.3, 0.4) is 0 Å². The normalized spacial score (nSPS) is 12.1. The van der Waals surface area contributed by atoms with Gasteiger partial charge in [0.1, 0.15) is 0 Å². The Kier molecular flexibility index (Phi) is 6.81. The van der Waals surface area contributed by atoms with Crippen molar-refractivity contribution in [2.24, 2.45) is 11.3 Å². The molecule has 100 valence electrons. The third kappa shape index (κ3) is 3.13. The second-order valence-electron chi connectivity index (χ2n) is 3.79. The smallest absolute Gasteiger partial charge is 0.325 e. The van der Waals surface area contributed by atoms with Gasteiger partial charge in [0.05, 0.1) is 13.2 Å². The highest BCUT2D eigenvalue weighted by atomic mass is 16.6. The molecular formula is C14H20O4. The molecule has 1 unspecified atom stereocenters. The largest absolute Gasteiger partial charge is 0.465 e. The van der Waals surface area contributed by atoms with Crippen molar-refractivity contribution in [3.05, 3.63) is 12.7 Å². The summed E-state index contributed by atoms with van der Waals surface area (Å²) in [5.41, 5.74) is -1.50. The van der Waals surface area contributed by atoms with Crippen molar-refractivity contribution >= 4 is 11.9 Å². The first-order chi connectivity index (χ1) is 8.50. The topological polar surface area (TPSA) is 52.6 Å². The second-order valence-corrected chi connectivity index (χ2v) is 3.79.